The molecule has 1 fully saturated rings. The summed E-state index contributed by atoms with van der Waals surface area (Å²) in [6, 6.07) is 5.35. The lowest BCUT2D eigenvalue weighted by Gasteiger charge is -2.28. The molecule has 0 aliphatic heterocycles. The van der Waals surface area contributed by atoms with Gasteiger partial charge in [0.25, 0.3) is 5.91 Å². The molecule has 1 aromatic rings. The Balaban J connectivity index is 1.82. The van der Waals surface area contributed by atoms with Gasteiger partial charge in [0.1, 0.15) is 5.75 Å². The van der Waals surface area contributed by atoms with Crippen molar-refractivity contribution in [1.82, 2.24) is 5.32 Å². The van der Waals surface area contributed by atoms with E-state index in [4.69, 9.17) is 4.74 Å². The van der Waals surface area contributed by atoms with Crippen molar-refractivity contribution >= 4 is 37.8 Å². The summed E-state index contributed by atoms with van der Waals surface area (Å²) in [4.78, 5) is 11.8. The second-order valence-corrected chi connectivity index (χ2v) is 6.66. The topological polar surface area (TPSA) is 58.6 Å². The first-order valence-corrected chi connectivity index (χ1v) is 8.20. The third kappa shape index (κ3) is 4.46. The van der Waals surface area contributed by atoms with Crippen molar-refractivity contribution < 1.29 is 14.6 Å². The van der Waals surface area contributed by atoms with Gasteiger partial charge in [-0.3, -0.25) is 4.79 Å². The number of rotatable bonds is 4. The van der Waals surface area contributed by atoms with Gasteiger partial charge < -0.3 is 15.2 Å². The standard InChI is InChI=1S/C14H17Br2NO3/c15-9-5-6-13(10(16)7-9)20-8-14(19)17-11-3-1-2-4-12(11)18/h5-7,11-12,18H,1-4,8H2,(H,17,19)/t11-,12-/m0/s1. The highest BCUT2D eigenvalue weighted by Crippen LogP contribution is 2.28. The summed E-state index contributed by atoms with van der Waals surface area (Å²) in [6.07, 6.45) is 3.21. The van der Waals surface area contributed by atoms with Crippen LogP contribution in [0.3, 0.4) is 0 Å². The Kier molecular flexibility index (Phi) is 5.86. The number of aliphatic hydroxyl groups excluding tert-OH is 1. The minimum Gasteiger partial charge on any atom is -0.483 e. The van der Waals surface area contributed by atoms with Gasteiger partial charge in [-0.2, -0.15) is 0 Å². The molecule has 20 heavy (non-hydrogen) atoms. The maximum Gasteiger partial charge on any atom is 0.258 e. The number of aliphatic hydroxyl groups is 1. The Morgan fingerprint density at radius 3 is 2.80 bits per heavy atom. The van der Waals surface area contributed by atoms with Crippen LogP contribution in [0.25, 0.3) is 0 Å². The third-order valence-corrected chi connectivity index (χ3v) is 4.44. The molecule has 0 spiro atoms. The molecule has 0 unspecified atom stereocenters. The predicted molar refractivity (Wildman–Crippen MR) is 83.7 cm³/mol. The van der Waals surface area contributed by atoms with Crippen molar-refractivity contribution in [3.05, 3.63) is 27.1 Å². The number of hydrogen-bond acceptors (Lipinski definition) is 3. The number of carbonyl (C=O) groups excluding carboxylic acids is 1. The van der Waals surface area contributed by atoms with Gasteiger partial charge in [-0.1, -0.05) is 28.8 Å². The highest BCUT2D eigenvalue weighted by molar-refractivity contribution is 9.11. The van der Waals surface area contributed by atoms with E-state index in [2.05, 4.69) is 37.2 Å². The Bertz CT molecular complexity index is 481. The smallest absolute Gasteiger partial charge is 0.258 e. The highest BCUT2D eigenvalue weighted by atomic mass is 79.9. The van der Waals surface area contributed by atoms with Crippen LogP contribution in [-0.2, 0) is 4.79 Å². The van der Waals surface area contributed by atoms with Gasteiger partial charge >= 0.3 is 0 Å². The van der Waals surface area contributed by atoms with Crippen LogP contribution in [0.15, 0.2) is 27.1 Å². The molecule has 6 heteroatoms. The zero-order valence-corrected chi connectivity index (χ0v) is 14.1. The molecule has 1 saturated carbocycles. The molecule has 2 rings (SSSR count). The fourth-order valence-electron chi connectivity index (χ4n) is 2.26. The van der Waals surface area contributed by atoms with Crippen LogP contribution in [0.2, 0.25) is 0 Å². The van der Waals surface area contributed by atoms with Gasteiger partial charge in [0.2, 0.25) is 0 Å². The molecule has 2 N–H and O–H groups in total. The second-order valence-electron chi connectivity index (χ2n) is 4.89. The summed E-state index contributed by atoms with van der Waals surface area (Å²) >= 11 is 6.73. The molecule has 1 aromatic carbocycles. The van der Waals surface area contributed by atoms with Crippen molar-refractivity contribution in [3.8, 4) is 5.75 Å². The normalized spacial score (nSPS) is 22.4. The van der Waals surface area contributed by atoms with Gasteiger partial charge in [0, 0.05) is 4.47 Å². The molecule has 4 nitrogen and oxygen atoms in total. The van der Waals surface area contributed by atoms with Crippen LogP contribution < -0.4 is 10.1 Å². The lowest BCUT2D eigenvalue weighted by molar-refractivity contribution is -0.125. The summed E-state index contributed by atoms with van der Waals surface area (Å²) in [6.45, 7) is -0.0521. The van der Waals surface area contributed by atoms with E-state index in [-0.39, 0.29) is 18.6 Å². The molecule has 1 amide bonds. The predicted octanol–water partition coefficient (Wildman–Crippen LogP) is 3.01. The molecule has 2 atom stereocenters. The highest BCUT2D eigenvalue weighted by Gasteiger charge is 2.24. The molecule has 0 saturated heterocycles. The number of amides is 1. The van der Waals surface area contributed by atoms with Crippen molar-refractivity contribution in [3.63, 3.8) is 0 Å². The summed E-state index contributed by atoms with van der Waals surface area (Å²) in [5.41, 5.74) is 0. The maximum absolute atomic E-state index is 11.8. The zero-order valence-electron chi connectivity index (χ0n) is 10.9. The molecule has 0 radical (unpaired) electrons. The van der Waals surface area contributed by atoms with Crippen molar-refractivity contribution in [1.29, 1.82) is 0 Å². The molecule has 0 bridgehead atoms. The first kappa shape index (κ1) is 15.8. The summed E-state index contributed by atoms with van der Waals surface area (Å²) in [5, 5.41) is 12.6. The van der Waals surface area contributed by atoms with E-state index in [1.54, 1.807) is 6.07 Å². The third-order valence-electron chi connectivity index (χ3n) is 3.33. The van der Waals surface area contributed by atoms with E-state index in [0.29, 0.717) is 5.75 Å². The molecule has 0 heterocycles. The monoisotopic (exact) mass is 405 g/mol. The average Bonchev–Trinajstić information content (AvgIpc) is 2.40. The quantitative estimate of drug-likeness (QED) is 0.807. The summed E-state index contributed by atoms with van der Waals surface area (Å²) in [7, 11) is 0. The largest absolute Gasteiger partial charge is 0.483 e. The maximum atomic E-state index is 11.8. The lowest BCUT2D eigenvalue weighted by Crippen LogP contribution is -2.46. The zero-order chi connectivity index (χ0) is 14.5. The number of nitrogens with one attached hydrogen (secondary N) is 1. The summed E-state index contributed by atoms with van der Waals surface area (Å²) in [5.74, 6) is 0.415. The lowest BCUT2D eigenvalue weighted by atomic mass is 9.92. The van der Waals surface area contributed by atoms with Gasteiger partial charge in [-0.05, 0) is 47.0 Å². The number of carbonyl (C=O) groups is 1. The van der Waals surface area contributed by atoms with Crippen molar-refractivity contribution in [2.45, 2.75) is 37.8 Å². The minimum absolute atomic E-state index is 0.0521. The van der Waals surface area contributed by atoms with Crippen LogP contribution in [0.5, 0.6) is 5.75 Å². The van der Waals surface area contributed by atoms with Gasteiger partial charge in [-0.25, -0.2) is 0 Å². The second kappa shape index (κ2) is 7.43. The van der Waals surface area contributed by atoms with Crippen molar-refractivity contribution in [2.75, 3.05) is 6.61 Å². The molecule has 1 aliphatic carbocycles. The van der Waals surface area contributed by atoms with E-state index in [1.807, 2.05) is 12.1 Å². The van der Waals surface area contributed by atoms with Crippen molar-refractivity contribution in [2.24, 2.45) is 0 Å². The van der Waals surface area contributed by atoms with Gasteiger partial charge in [0.15, 0.2) is 6.61 Å². The molecule has 1 aliphatic rings. The average molecular weight is 407 g/mol. The van der Waals surface area contributed by atoms with E-state index < -0.39 is 6.10 Å². The first-order chi connectivity index (χ1) is 9.56. The van der Waals surface area contributed by atoms with E-state index in [0.717, 1.165) is 34.6 Å². The molecular formula is C14H17Br2NO3. The molecule has 110 valence electrons. The fraction of sp³-hybridized carbons (Fsp3) is 0.500. The Hall–Kier alpha value is -0.590. The van der Waals surface area contributed by atoms with Crippen LogP contribution in [0.1, 0.15) is 25.7 Å². The number of hydrogen-bond donors (Lipinski definition) is 2. The Morgan fingerprint density at radius 1 is 1.35 bits per heavy atom. The number of benzene rings is 1. The summed E-state index contributed by atoms with van der Waals surface area (Å²) < 4.78 is 7.19. The first-order valence-electron chi connectivity index (χ1n) is 6.61. The molecule has 0 aromatic heterocycles. The van der Waals surface area contributed by atoms with Gasteiger partial charge in [0.05, 0.1) is 16.6 Å². The van der Waals surface area contributed by atoms with E-state index >= 15 is 0 Å². The SMILES string of the molecule is O=C(COc1ccc(Br)cc1Br)N[C@H]1CCCC[C@@H]1O. The van der Waals surface area contributed by atoms with Gasteiger partial charge in [-0.15, -0.1) is 0 Å². The number of ether oxygens (including phenoxy) is 1. The number of halogens is 2. The fourth-order valence-corrected chi connectivity index (χ4v) is 3.43. The van der Waals surface area contributed by atoms with Crippen LogP contribution in [-0.4, -0.2) is 29.8 Å². The molecular weight excluding hydrogens is 390 g/mol. The van der Waals surface area contributed by atoms with Crippen LogP contribution in [0.4, 0.5) is 0 Å². The van der Waals surface area contributed by atoms with Crippen LogP contribution in [0, 0.1) is 0 Å². The Morgan fingerprint density at radius 2 is 2.10 bits per heavy atom. The van der Waals surface area contributed by atoms with E-state index in [9.17, 15) is 9.90 Å². The van der Waals surface area contributed by atoms with E-state index in [1.165, 1.54) is 0 Å². The minimum atomic E-state index is -0.438. The van der Waals surface area contributed by atoms with Crippen LogP contribution >= 0.6 is 31.9 Å². The Labute approximate surface area is 135 Å².